The molecule has 1 amide bonds. The molecule has 0 spiro atoms. The fourth-order valence-corrected chi connectivity index (χ4v) is 3.28. The van der Waals surface area contributed by atoms with Crippen LogP contribution in [0.2, 0.25) is 5.02 Å². The Hall–Kier alpha value is -1.10. The van der Waals surface area contributed by atoms with Crippen LogP contribution in [0.5, 0.6) is 0 Å². The molecule has 0 unspecified atom stereocenters. The summed E-state index contributed by atoms with van der Waals surface area (Å²) in [7, 11) is 0. The lowest BCUT2D eigenvalue weighted by Gasteiger charge is -2.40. The van der Waals surface area contributed by atoms with Crippen molar-refractivity contribution in [3.05, 3.63) is 34.9 Å². The number of carbonyl (C=O) groups excluding carboxylic acids is 1. The van der Waals surface area contributed by atoms with Crippen LogP contribution in [0.1, 0.15) is 12.5 Å². The molecule has 156 valence electrons. The minimum Gasteiger partial charge on any atom is -0.396 e. The summed E-state index contributed by atoms with van der Waals surface area (Å²) in [5, 5.41) is 13.5. The van der Waals surface area contributed by atoms with Gasteiger partial charge in [-0.1, -0.05) is 23.7 Å². The lowest BCUT2D eigenvalue weighted by Crippen LogP contribution is -2.55. The van der Waals surface area contributed by atoms with Crippen LogP contribution in [0.15, 0.2) is 29.3 Å². The maximum Gasteiger partial charge on any atom is 0.242 e. The number of aliphatic hydroxyl groups excluding tert-OH is 1. The van der Waals surface area contributed by atoms with E-state index in [1.54, 1.807) is 0 Å². The van der Waals surface area contributed by atoms with Gasteiger partial charge in [0.05, 0.1) is 38.3 Å². The van der Waals surface area contributed by atoms with Gasteiger partial charge in [-0.2, -0.15) is 0 Å². The van der Waals surface area contributed by atoms with Crippen LogP contribution in [0.4, 0.5) is 0 Å². The van der Waals surface area contributed by atoms with Crippen molar-refractivity contribution in [2.75, 3.05) is 52.5 Å². The van der Waals surface area contributed by atoms with Crippen LogP contribution in [-0.2, 0) is 16.1 Å². The maximum atomic E-state index is 12.6. The van der Waals surface area contributed by atoms with Crippen LogP contribution in [0.3, 0.4) is 0 Å². The van der Waals surface area contributed by atoms with Crippen LogP contribution in [0, 0.1) is 5.41 Å². The summed E-state index contributed by atoms with van der Waals surface area (Å²) in [5.41, 5.74) is 0.790. The molecule has 0 atom stereocenters. The van der Waals surface area contributed by atoms with Gasteiger partial charge in [0.2, 0.25) is 5.91 Å². The summed E-state index contributed by atoms with van der Waals surface area (Å²) in [6.07, 6.45) is 0. The van der Waals surface area contributed by atoms with E-state index < -0.39 is 0 Å². The number of rotatable bonds is 6. The summed E-state index contributed by atoms with van der Waals surface area (Å²) in [5.74, 6) is 0.794. The van der Waals surface area contributed by atoms with E-state index in [1.807, 2.05) is 41.0 Å². The number of aliphatic imine (C=N–C) groups is 1. The molecule has 2 saturated heterocycles. The first-order valence-corrected chi connectivity index (χ1v) is 9.67. The molecule has 2 heterocycles. The van der Waals surface area contributed by atoms with Crippen molar-refractivity contribution in [1.82, 2.24) is 15.1 Å². The average molecular weight is 523 g/mol. The highest BCUT2D eigenvalue weighted by atomic mass is 127. The van der Waals surface area contributed by atoms with Crippen molar-refractivity contribution >= 4 is 47.4 Å². The molecule has 1 aromatic carbocycles. The molecule has 0 aliphatic carbocycles. The Kier molecular flexibility index (Phi) is 8.79. The molecular formula is C19H28ClIN4O3. The highest BCUT2D eigenvalue weighted by Gasteiger charge is 2.38. The molecular weight excluding hydrogens is 495 g/mol. The number of nitrogens with one attached hydrogen (secondary N) is 1. The minimum atomic E-state index is -0.277. The Labute approximate surface area is 188 Å². The quantitative estimate of drug-likeness (QED) is 0.337. The van der Waals surface area contributed by atoms with Crippen molar-refractivity contribution in [1.29, 1.82) is 0 Å². The van der Waals surface area contributed by atoms with E-state index in [9.17, 15) is 9.90 Å². The molecule has 2 aliphatic heterocycles. The largest absolute Gasteiger partial charge is 0.396 e. The third kappa shape index (κ3) is 5.71. The first-order valence-electron chi connectivity index (χ1n) is 9.29. The second kappa shape index (κ2) is 10.6. The van der Waals surface area contributed by atoms with E-state index >= 15 is 0 Å². The topological polar surface area (TPSA) is 77.4 Å². The van der Waals surface area contributed by atoms with E-state index in [4.69, 9.17) is 16.3 Å². The number of hydrogen-bond donors (Lipinski definition) is 2. The lowest BCUT2D eigenvalue weighted by molar-refractivity contribution is -0.135. The smallest absolute Gasteiger partial charge is 0.242 e. The zero-order valence-electron chi connectivity index (χ0n) is 16.1. The zero-order chi connectivity index (χ0) is 19.3. The Morgan fingerprint density at radius 2 is 2.04 bits per heavy atom. The van der Waals surface area contributed by atoms with Crippen molar-refractivity contribution in [3.63, 3.8) is 0 Å². The normalized spacial score (nSPS) is 19.1. The maximum absolute atomic E-state index is 12.6. The second-order valence-electron chi connectivity index (χ2n) is 7.18. The Morgan fingerprint density at radius 1 is 1.32 bits per heavy atom. The monoisotopic (exact) mass is 522 g/mol. The van der Waals surface area contributed by atoms with Crippen molar-refractivity contribution in [2.24, 2.45) is 10.4 Å². The summed E-state index contributed by atoms with van der Waals surface area (Å²) in [6, 6.07) is 7.58. The standard InChI is InChI=1S/C19H27ClN4O3.HI/c1-2-21-18(22-11-19(12-25)13-27-14-19)24-8-7-23(17(26)10-24)9-15-3-5-16(20)6-4-15;/h3-6,25H,2,7-14H2,1H3,(H,21,22);1H. The molecule has 9 heteroatoms. The van der Waals surface area contributed by atoms with Gasteiger partial charge < -0.3 is 25.0 Å². The fraction of sp³-hybridized carbons (Fsp3) is 0.579. The van der Waals surface area contributed by atoms with E-state index in [0.29, 0.717) is 51.0 Å². The molecule has 2 fully saturated rings. The summed E-state index contributed by atoms with van der Waals surface area (Å²) in [6.45, 7) is 6.57. The van der Waals surface area contributed by atoms with Crippen LogP contribution < -0.4 is 5.32 Å². The molecule has 0 bridgehead atoms. The number of carbonyl (C=O) groups is 1. The van der Waals surface area contributed by atoms with Crippen LogP contribution >= 0.6 is 35.6 Å². The highest BCUT2D eigenvalue weighted by Crippen LogP contribution is 2.27. The zero-order valence-corrected chi connectivity index (χ0v) is 19.2. The average Bonchev–Trinajstić information content (AvgIpc) is 2.64. The number of aliphatic hydroxyl groups is 1. The number of ether oxygens (including phenoxy) is 1. The molecule has 2 N–H and O–H groups in total. The van der Waals surface area contributed by atoms with Gasteiger partial charge in [0, 0.05) is 31.2 Å². The van der Waals surface area contributed by atoms with Crippen molar-refractivity contribution < 1.29 is 14.6 Å². The first-order chi connectivity index (χ1) is 13.0. The van der Waals surface area contributed by atoms with Gasteiger partial charge in [-0.25, -0.2) is 0 Å². The molecule has 0 aromatic heterocycles. The van der Waals surface area contributed by atoms with E-state index in [-0.39, 0.29) is 41.9 Å². The Bertz CT molecular complexity index is 677. The van der Waals surface area contributed by atoms with Gasteiger partial charge in [-0.3, -0.25) is 9.79 Å². The molecule has 2 aliphatic rings. The predicted octanol–water partition coefficient (Wildman–Crippen LogP) is 1.58. The molecule has 28 heavy (non-hydrogen) atoms. The van der Waals surface area contributed by atoms with Gasteiger partial charge >= 0.3 is 0 Å². The number of piperazine rings is 1. The molecule has 0 saturated carbocycles. The Morgan fingerprint density at radius 3 is 2.57 bits per heavy atom. The predicted molar refractivity (Wildman–Crippen MR) is 120 cm³/mol. The summed E-state index contributed by atoms with van der Waals surface area (Å²) < 4.78 is 5.23. The van der Waals surface area contributed by atoms with Crippen LogP contribution in [0.25, 0.3) is 0 Å². The van der Waals surface area contributed by atoms with Gasteiger partial charge in [-0.05, 0) is 24.6 Å². The number of hydrogen-bond acceptors (Lipinski definition) is 4. The summed E-state index contributed by atoms with van der Waals surface area (Å²) >= 11 is 5.92. The van der Waals surface area contributed by atoms with Crippen LogP contribution in [-0.4, -0.2) is 79.3 Å². The van der Waals surface area contributed by atoms with Gasteiger partial charge in [0.1, 0.15) is 0 Å². The van der Waals surface area contributed by atoms with Gasteiger partial charge in [-0.15, -0.1) is 24.0 Å². The minimum absolute atomic E-state index is 0. The number of guanidine groups is 1. The second-order valence-corrected chi connectivity index (χ2v) is 7.62. The van der Waals surface area contributed by atoms with E-state index in [0.717, 1.165) is 18.1 Å². The number of benzene rings is 1. The number of halogens is 2. The SMILES string of the molecule is CCNC(=NCC1(CO)COC1)N1CCN(Cc2ccc(Cl)cc2)C(=O)C1.I. The molecule has 7 nitrogen and oxygen atoms in total. The van der Waals surface area contributed by atoms with Gasteiger partial charge in [0.25, 0.3) is 0 Å². The third-order valence-corrected chi connectivity index (χ3v) is 5.21. The Balaban J connectivity index is 0.00000280. The number of amides is 1. The van der Waals surface area contributed by atoms with E-state index in [1.165, 1.54) is 0 Å². The molecule has 1 aromatic rings. The first kappa shape index (κ1) is 23.2. The fourth-order valence-electron chi connectivity index (χ4n) is 3.16. The van der Waals surface area contributed by atoms with Crippen molar-refractivity contribution in [3.8, 4) is 0 Å². The number of nitrogens with zero attached hydrogens (tertiary/aromatic N) is 3. The molecule has 3 rings (SSSR count). The summed E-state index contributed by atoms with van der Waals surface area (Å²) in [4.78, 5) is 21.1. The third-order valence-electron chi connectivity index (χ3n) is 4.96. The highest BCUT2D eigenvalue weighted by molar-refractivity contribution is 14.0. The van der Waals surface area contributed by atoms with E-state index in [2.05, 4.69) is 10.3 Å². The van der Waals surface area contributed by atoms with Crippen molar-refractivity contribution in [2.45, 2.75) is 13.5 Å². The van der Waals surface area contributed by atoms with Gasteiger partial charge in [0.15, 0.2) is 5.96 Å². The molecule has 0 radical (unpaired) electrons. The lowest BCUT2D eigenvalue weighted by atomic mass is 9.87.